The van der Waals surface area contributed by atoms with Crippen LogP contribution in [-0.2, 0) is 9.47 Å². The number of hydrogen-bond acceptors (Lipinski definition) is 4. The Morgan fingerprint density at radius 1 is 1.18 bits per heavy atom. The fraction of sp³-hybridized carbons (Fsp3) is 0.952. The number of hydrogen-bond donors (Lipinski definition) is 1. The molecule has 1 aliphatic rings. The van der Waals surface area contributed by atoms with Crippen LogP contribution < -0.4 is 5.32 Å². The molecule has 1 rings (SSSR count). The third-order valence-corrected chi connectivity index (χ3v) is 5.37. The Morgan fingerprint density at radius 3 is 2.32 bits per heavy atom. The summed E-state index contributed by atoms with van der Waals surface area (Å²) >= 11 is 0. The van der Waals surface area contributed by atoms with Crippen molar-refractivity contribution in [1.29, 1.82) is 0 Å². The van der Waals surface area contributed by atoms with Crippen LogP contribution in [0.1, 0.15) is 53.4 Å². The molecule has 0 saturated carbocycles. The van der Waals surface area contributed by atoms with Crippen LogP contribution in [0.25, 0.3) is 0 Å². The predicted octanol–water partition coefficient (Wildman–Crippen LogP) is 3.45. The monoisotopic (exact) mass is 512 g/mol. The summed E-state index contributed by atoms with van der Waals surface area (Å²) in [5.41, 5.74) is 0. The number of piperidine rings is 1. The van der Waals surface area contributed by atoms with Crippen molar-refractivity contribution in [2.24, 2.45) is 10.9 Å². The van der Waals surface area contributed by atoms with E-state index in [1.54, 1.807) is 7.11 Å². The molecule has 0 radical (unpaired) electrons. The number of methoxy groups -OCH3 is 1. The van der Waals surface area contributed by atoms with E-state index in [1.807, 2.05) is 7.05 Å². The first-order chi connectivity index (χ1) is 13.0. The van der Waals surface area contributed by atoms with Gasteiger partial charge in [-0.15, -0.1) is 24.0 Å². The van der Waals surface area contributed by atoms with E-state index in [2.05, 4.69) is 47.8 Å². The molecule has 6 nitrogen and oxygen atoms in total. The molecule has 7 heteroatoms. The molecular weight excluding hydrogens is 467 g/mol. The zero-order valence-corrected chi connectivity index (χ0v) is 21.4. The van der Waals surface area contributed by atoms with Crippen LogP contribution in [0.2, 0.25) is 0 Å². The molecule has 1 heterocycles. The molecule has 28 heavy (non-hydrogen) atoms. The summed E-state index contributed by atoms with van der Waals surface area (Å²) in [6, 6.07) is 0.554. The first-order valence-electron chi connectivity index (χ1n) is 10.9. The van der Waals surface area contributed by atoms with E-state index in [1.165, 1.54) is 6.42 Å². The number of aliphatic imine (C=N–C) groups is 1. The van der Waals surface area contributed by atoms with Crippen LogP contribution in [0, 0.1) is 5.92 Å². The summed E-state index contributed by atoms with van der Waals surface area (Å²) in [6.07, 6.45) is 4.70. The van der Waals surface area contributed by atoms with Gasteiger partial charge in [-0.1, -0.05) is 27.7 Å². The maximum atomic E-state index is 5.98. The van der Waals surface area contributed by atoms with E-state index < -0.39 is 0 Å². The van der Waals surface area contributed by atoms with Gasteiger partial charge in [-0.3, -0.25) is 9.89 Å². The van der Waals surface area contributed by atoms with Crippen LogP contribution in [0.15, 0.2) is 4.99 Å². The van der Waals surface area contributed by atoms with Gasteiger partial charge in [0.2, 0.25) is 0 Å². The van der Waals surface area contributed by atoms with E-state index in [9.17, 15) is 0 Å². The van der Waals surface area contributed by atoms with Crippen molar-refractivity contribution >= 4 is 29.9 Å². The van der Waals surface area contributed by atoms with Crippen molar-refractivity contribution < 1.29 is 9.47 Å². The van der Waals surface area contributed by atoms with E-state index in [4.69, 9.17) is 9.47 Å². The Labute approximate surface area is 190 Å². The van der Waals surface area contributed by atoms with Gasteiger partial charge in [-0.05, 0) is 44.7 Å². The molecule has 1 aliphatic heterocycles. The van der Waals surface area contributed by atoms with Crippen LogP contribution >= 0.6 is 24.0 Å². The van der Waals surface area contributed by atoms with Crippen molar-refractivity contribution in [3.8, 4) is 0 Å². The fourth-order valence-corrected chi connectivity index (χ4v) is 3.87. The SMILES string of the molecule is CCN(CC)C(CNC(=NC)N1CCC(OCCCOC)CC1)CC(C)C.I. The minimum absolute atomic E-state index is 0. The molecule has 0 bridgehead atoms. The number of halogens is 1. The molecule has 0 amide bonds. The number of likely N-dealkylation sites (N-methyl/N-ethyl adjacent to an activating group) is 1. The zero-order valence-electron chi connectivity index (χ0n) is 19.1. The average Bonchev–Trinajstić information content (AvgIpc) is 2.67. The van der Waals surface area contributed by atoms with Gasteiger partial charge in [0.25, 0.3) is 0 Å². The molecule has 1 atom stereocenters. The molecule has 0 spiro atoms. The predicted molar refractivity (Wildman–Crippen MR) is 130 cm³/mol. The lowest BCUT2D eigenvalue weighted by Gasteiger charge is -2.36. The van der Waals surface area contributed by atoms with Crippen molar-refractivity contribution in [2.45, 2.75) is 65.5 Å². The second-order valence-corrected chi connectivity index (χ2v) is 7.84. The van der Waals surface area contributed by atoms with Crippen molar-refractivity contribution in [2.75, 3.05) is 60.1 Å². The number of guanidine groups is 1. The van der Waals surface area contributed by atoms with Gasteiger partial charge in [0.1, 0.15) is 0 Å². The highest BCUT2D eigenvalue weighted by molar-refractivity contribution is 14.0. The largest absolute Gasteiger partial charge is 0.385 e. The molecule has 1 fully saturated rings. The Kier molecular flexibility index (Phi) is 16.6. The highest BCUT2D eigenvalue weighted by Crippen LogP contribution is 2.15. The molecular formula is C21H45IN4O2. The number of ether oxygens (including phenoxy) is 2. The van der Waals surface area contributed by atoms with Gasteiger partial charge in [0, 0.05) is 53.0 Å². The number of nitrogens with zero attached hydrogens (tertiary/aromatic N) is 3. The molecule has 0 aliphatic carbocycles. The Balaban J connectivity index is 0.00000729. The lowest BCUT2D eigenvalue weighted by Crippen LogP contribution is -2.51. The molecule has 0 aromatic heterocycles. The smallest absolute Gasteiger partial charge is 0.193 e. The average molecular weight is 513 g/mol. The summed E-state index contributed by atoms with van der Waals surface area (Å²) < 4.78 is 11.1. The first-order valence-corrected chi connectivity index (χ1v) is 10.9. The second kappa shape index (κ2) is 16.7. The molecule has 0 aromatic carbocycles. The standard InChI is InChI=1S/C21H44N4O2.HI/c1-7-24(8-2)19(16-18(3)4)17-23-21(22-5)25-12-10-20(11-13-25)27-15-9-14-26-6;/h18-20H,7-17H2,1-6H3,(H,22,23);1H. The molecule has 168 valence electrons. The number of likely N-dealkylation sites (tertiary alicyclic amines) is 1. The molecule has 1 unspecified atom stereocenters. The topological polar surface area (TPSA) is 49.3 Å². The van der Waals surface area contributed by atoms with Gasteiger partial charge in [-0.25, -0.2) is 0 Å². The van der Waals surface area contributed by atoms with Crippen molar-refractivity contribution in [1.82, 2.24) is 15.1 Å². The highest BCUT2D eigenvalue weighted by Gasteiger charge is 2.23. The lowest BCUT2D eigenvalue weighted by atomic mass is 10.0. The summed E-state index contributed by atoms with van der Waals surface area (Å²) in [6.45, 7) is 15.9. The third-order valence-electron chi connectivity index (χ3n) is 5.37. The van der Waals surface area contributed by atoms with Gasteiger partial charge < -0.3 is 19.7 Å². The van der Waals surface area contributed by atoms with Crippen LogP contribution in [0.3, 0.4) is 0 Å². The summed E-state index contributed by atoms with van der Waals surface area (Å²) in [4.78, 5) is 9.48. The molecule has 1 N–H and O–H groups in total. The maximum Gasteiger partial charge on any atom is 0.193 e. The highest BCUT2D eigenvalue weighted by atomic mass is 127. The first kappa shape index (κ1) is 27.9. The van der Waals surface area contributed by atoms with E-state index >= 15 is 0 Å². The lowest BCUT2D eigenvalue weighted by molar-refractivity contribution is 0.00984. The summed E-state index contributed by atoms with van der Waals surface area (Å²) in [5.74, 6) is 1.74. The molecule has 0 aromatic rings. The molecule has 1 saturated heterocycles. The van der Waals surface area contributed by atoms with Gasteiger partial charge in [-0.2, -0.15) is 0 Å². The van der Waals surface area contributed by atoms with Crippen LogP contribution in [-0.4, -0.2) is 88.0 Å². The Morgan fingerprint density at radius 2 is 1.82 bits per heavy atom. The fourth-order valence-electron chi connectivity index (χ4n) is 3.87. The van der Waals surface area contributed by atoms with E-state index in [0.717, 1.165) is 71.2 Å². The summed E-state index contributed by atoms with van der Waals surface area (Å²) in [5, 5.41) is 3.65. The van der Waals surface area contributed by atoms with E-state index in [-0.39, 0.29) is 24.0 Å². The van der Waals surface area contributed by atoms with Crippen LogP contribution in [0.4, 0.5) is 0 Å². The number of rotatable bonds is 12. The van der Waals surface area contributed by atoms with E-state index in [0.29, 0.717) is 18.1 Å². The normalized spacial score (nSPS) is 17.1. The third kappa shape index (κ3) is 10.6. The second-order valence-electron chi connectivity index (χ2n) is 7.84. The minimum Gasteiger partial charge on any atom is -0.385 e. The Bertz CT molecular complexity index is 398. The van der Waals surface area contributed by atoms with Gasteiger partial charge >= 0.3 is 0 Å². The van der Waals surface area contributed by atoms with Crippen molar-refractivity contribution in [3.05, 3.63) is 0 Å². The van der Waals surface area contributed by atoms with Crippen LogP contribution in [0.5, 0.6) is 0 Å². The Hall–Kier alpha value is -0.120. The quantitative estimate of drug-likeness (QED) is 0.188. The van der Waals surface area contributed by atoms with Crippen molar-refractivity contribution in [3.63, 3.8) is 0 Å². The number of nitrogens with one attached hydrogen (secondary N) is 1. The zero-order chi connectivity index (χ0) is 20.1. The maximum absolute atomic E-state index is 5.98. The minimum atomic E-state index is 0. The summed E-state index contributed by atoms with van der Waals surface area (Å²) in [7, 11) is 3.63. The van der Waals surface area contributed by atoms with Gasteiger partial charge in [0.05, 0.1) is 6.10 Å². The van der Waals surface area contributed by atoms with Gasteiger partial charge in [0.15, 0.2) is 5.96 Å².